The van der Waals surface area contributed by atoms with Crippen molar-refractivity contribution in [3.8, 4) is 5.75 Å². The molecule has 0 radical (unpaired) electrons. The Morgan fingerprint density at radius 1 is 1.19 bits per heavy atom. The topological polar surface area (TPSA) is 55.4 Å². The maximum absolute atomic E-state index is 14.6. The number of ether oxygens (including phenoxy) is 1. The van der Waals surface area contributed by atoms with Crippen molar-refractivity contribution in [3.05, 3.63) is 64.7 Å². The van der Waals surface area contributed by atoms with Crippen LogP contribution in [0.15, 0.2) is 36.4 Å². The lowest BCUT2D eigenvalue weighted by molar-refractivity contribution is -0.127. The fourth-order valence-corrected chi connectivity index (χ4v) is 3.88. The lowest BCUT2D eigenvalue weighted by Gasteiger charge is -2.18. The van der Waals surface area contributed by atoms with Crippen molar-refractivity contribution in [1.29, 1.82) is 0 Å². The minimum absolute atomic E-state index is 0.0287. The number of hydrogen-bond donors (Lipinski definition) is 1. The normalized spacial score (nSPS) is 20.9. The number of rotatable bonds is 5. The van der Waals surface area contributed by atoms with E-state index in [-0.39, 0.29) is 36.3 Å². The van der Waals surface area contributed by atoms with E-state index in [4.69, 9.17) is 4.74 Å². The van der Waals surface area contributed by atoms with E-state index >= 15 is 0 Å². The predicted octanol–water partition coefficient (Wildman–Crippen LogP) is 2.93. The maximum Gasteiger partial charge on any atom is 0.224 e. The van der Waals surface area contributed by atoms with E-state index in [1.54, 1.807) is 18.2 Å². The summed E-state index contributed by atoms with van der Waals surface area (Å²) in [5, 5.41) is 2.75. The number of fused-ring (bicyclic) bond motifs is 1. The summed E-state index contributed by atoms with van der Waals surface area (Å²) in [5.41, 5.74) is 2.08. The van der Waals surface area contributed by atoms with Gasteiger partial charge in [0.25, 0.3) is 0 Å². The molecule has 4 rings (SSSR count). The van der Waals surface area contributed by atoms with E-state index in [2.05, 4.69) is 5.32 Å². The molecule has 0 bridgehead atoms. The van der Waals surface area contributed by atoms with Gasteiger partial charge in [0.15, 0.2) is 0 Å². The Labute approximate surface area is 155 Å². The fraction of sp³-hybridized carbons (Fsp3) is 0.333. The molecule has 6 heteroatoms. The molecule has 0 unspecified atom stereocenters. The van der Waals surface area contributed by atoms with Crippen LogP contribution in [0.5, 0.6) is 5.75 Å². The number of carbonyl (C=O) groups is 2. The van der Waals surface area contributed by atoms with Crippen LogP contribution in [0.1, 0.15) is 29.0 Å². The lowest BCUT2D eigenvalue weighted by atomic mass is 9.83. The van der Waals surface area contributed by atoms with E-state index in [1.807, 2.05) is 0 Å². The average Bonchev–Trinajstić information content (AvgIpc) is 3.23. The molecule has 1 fully saturated rings. The van der Waals surface area contributed by atoms with Gasteiger partial charge in [-0.25, -0.2) is 8.78 Å². The second-order valence-corrected chi connectivity index (χ2v) is 7.08. The van der Waals surface area contributed by atoms with E-state index in [0.29, 0.717) is 36.4 Å². The van der Waals surface area contributed by atoms with Gasteiger partial charge in [-0.15, -0.1) is 0 Å². The average molecular weight is 371 g/mol. The maximum atomic E-state index is 14.6. The fourth-order valence-electron chi connectivity index (χ4n) is 3.88. The van der Waals surface area contributed by atoms with Gasteiger partial charge in [-0.2, -0.15) is 0 Å². The third kappa shape index (κ3) is 3.56. The van der Waals surface area contributed by atoms with E-state index in [1.165, 1.54) is 18.2 Å². The molecular weight excluding hydrogens is 352 g/mol. The van der Waals surface area contributed by atoms with E-state index < -0.39 is 11.7 Å². The highest BCUT2D eigenvalue weighted by atomic mass is 19.1. The number of nitrogens with one attached hydrogen (secondary N) is 1. The molecular formula is C21H19F2NO3. The van der Waals surface area contributed by atoms with E-state index in [0.717, 1.165) is 5.56 Å². The molecule has 2 aromatic carbocycles. The van der Waals surface area contributed by atoms with Crippen molar-refractivity contribution < 1.29 is 23.1 Å². The van der Waals surface area contributed by atoms with Gasteiger partial charge in [-0.05, 0) is 34.9 Å². The number of ketones is 1. The van der Waals surface area contributed by atoms with Gasteiger partial charge >= 0.3 is 0 Å². The monoisotopic (exact) mass is 371 g/mol. The zero-order valence-corrected chi connectivity index (χ0v) is 14.6. The molecule has 0 saturated carbocycles. The number of Topliss-reactive ketones (excluding diaryl/α,β-unsaturated/α-hetero) is 1. The van der Waals surface area contributed by atoms with Crippen LogP contribution in [0.25, 0.3) is 0 Å². The molecule has 4 nitrogen and oxygen atoms in total. The molecule has 2 heterocycles. The molecule has 1 N–H and O–H groups in total. The molecule has 0 aliphatic carbocycles. The van der Waals surface area contributed by atoms with Gasteiger partial charge in [0.1, 0.15) is 23.2 Å². The summed E-state index contributed by atoms with van der Waals surface area (Å²) in [6.45, 7) is 0.837. The summed E-state index contributed by atoms with van der Waals surface area (Å²) in [6, 6.07) is 8.85. The molecule has 2 atom stereocenters. The van der Waals surface area contributed by atoms with Crippen molar-refractivity contribution in [2.75, 3.05) is 13.2 Å². The number of carbonyl (C=O) groups excluding carboxylic acids is 2. The van der Waals surface area contributed by atoms with Crippen LogP contribution in [-0.4, -0.2) is 24.8 Å². The number of halogens is 2. The number of hydrogen-bond acceptors (Lipinski definition) is 3. The van der Waals surface area contributed by atoms with Gasteiger partial charge in [0.05, 0.1) is 12.5 Å². The summed E-state index contributed by atoms with van der Waals surface area (Å²) in [5.74, 6) is -1.57. The first-order valence-electron chi connectivity index (χ1n) is 9.00. The number of amides is 1. The predicted molar refractivity (Wildman–Crippen MR) is 94.6 cm³/mol. The highest BCUT2D eigenvalue weighted by molar-refractivity contribution is 5.90. The Morgan fingerprint density at radius 3 is 2.74 bits per heavy atom. The molecule has 1 amide bonds. The molecule has 0 spiro atoms. The van der Waals surface area contributed by atoms with Gasteiger partial charge in [-0.1, -0.05) is 12.1 Å². The summed E-state index contributed by atoms with van der Waals surface area (Å²) in [4.78, 5) is 24.7. The van der Waals surface area contributed by atoms with Gasteiger partial charge in [-0.3, -0.25) is 9.59 Å². The van der Waals surface area contributed by atoms with Crippen LogP contribution in [0, 0.1) is 17.6 Å². The molecule has 27 heavy (non-hydrogen) atoms. The van der Waals surface area contributed by atoms with Crippen LogP contribution in [0.2, 0.25) is 0 Å². The largest absolute Gasteiger partial charge is 0.493 e. The van der Waals surface area contributed by atoms with E-state index in [9.17, 15) is 18.4 Å². The summed E-state index contributed by atoms with van der Waals surface area (Å²) < 4.78 is 33.0. The standard InChI is InChI=1S/C21H19F2NO3/c22-14-3-1-12(2-4-14)7-15(25)9-17-18(11-24-21(17)26)16-8-13-5-6-27-20(13)10-19(16)23/h1-4,8,10,17-18H,5-7,9,11H2,(H,24,26)/t17-,18-/m0/s1. The molecule has 0 aromatic heterocycles. The first kappa shape index (κ1) is 17.6. The van der Waals surface area contributed by atoms with Crippen LogP contribution < -0.4 is 10.1 Å². The summed E-state index contributed by atoms with van der Waals surface area (Å²) in [6.07, 6.45) is 0.864. The number of benzene rings is 2. The molecule has 2 aliphatic rings. The van der Waals surface area contributed by atoms with Crippen LogP contribution in [0.3, 0.4) is 0 Å². The molecule has 2 aliphatic heterocycles. The van der Waals surface area contributed by atoms with Gasteiger partial charge in [0.2, 0.25) is 5.91 Å². The van der Waals surface area contributed by atoms with Crippen molar-refractivity contribution >= 4 is 11.7 Å². The minimum Gasteiger partial charge on any atom is -0.493 e. The highest BCUT2D eigenvalue weighted by Crippen LogP contribution is 2.37. The first-order valence-corrected chi connectivity index (χ1v) is 9.00. The second kappa shape index (κ2) is 7.10. The lowest BCUT2D eigenvalue weighted by Crippen LogP contribution is -2.23. The van der Waals surface area contributed by atoms with Crippen molar-refractivity contribution in [2.24, 2.45) is 5.92 Å². The first-order chi connectivity index (χ1) is 13.0. The summed E-state index contributed by atoms with van der Waals surface area (Å²) >= 11 is 0. The Morgan fingerprint density at radius 2 is 1.96 bits per heavy atom. The zero-order chi connectivity index (χ0) is 19.0. The smallest absolute Gasteiger partial charge is 0.224 e. The minimum atomic E-state index is -0.604. The summed E-state index contributed by atoms with van der Waals surface area (Å²) in [7, 11) is 0. The molecule has 2 aromatic rings. The highest BCUT2D eigenvalue weighted by Gasteiger charge is 2.38. The SMILES string of the molecule is O=C(Cc1ccc(F)cc1)C[C@@H]1C(=O)NC[C@H]1c1cc2c(cc1F)OCC2. The Balaban J connectivity index is 1.52. The van der Waals surface area contributed by atoms with Gasteiger partial charge in [0, 0.05) is 37.8 Å². The van der Waals surface area contributed by atoms with Crippen molar-refractivity contribution in [1.82, 2.24) is 5.32 Å². The molecule has 1 saturated heterocycles. The second-order valence-electron chi connectivity index (χ2n) is 7.08. The van der Waals surface area contributed by atoms with Crippen molar-refractivity contribution in [3.63, 3.8) is 0 Å². The van der Waals surface area contributed by atoms with Crippen LogP contribution >= 0.6 is 0 Å². The van der Waals surface area contributed by atoms with Crippen molar-refractivity contribution in [2.45, 2.75) is 25.2 Å². The Bertz CT molecular complexity index is 895. The van der Waals surface area contributed by atoms with Crippen LogP contribution in [0.4, 0.5) is 8.78 Å². The molecule has 140 valence electrons. The zero-order valence-electron chi connectivity index (χ0n) is 14.6. The Hall–Kier alpha value is -2.76. The van der Waals surface area contributed by atoms with Gasteiger partial charge < -0.3 is 10.1 Å². The quantitative estimate of drug-likeness (QED) is 0.879. The third-order valence-corrected chi connectivity index (χ3v) is 5.29. The van der Waals surface area contributed by atoms with Crippen LogP contribution in [-0.2, 0) is 22.4 Å². The Kier molecular flexibility index (Phi) is 4.64. The third-order valence-electron chi connectivity index (χ3n) is 5.29.